The van der Waals surface area contributed by atoms with Gasteiger partial charge in [0.2, 0.25) is 0 Å². The van der Waals surface area contributed by atoms with Crippen LogP contribution < -0.4 is 9.64 Å². The third kappa shape index (κ3) is 13.1. The van der Waals surface area contributed by atoms with E-state index in [1.54, 1.807) is 0 Å². The number of ether oxygens (including phenoxy) is 1. The summed E-state index contributed by atoms with van der Waals surface area (Å²) in [5.41, 5.74) is 2.72. The summed E-state index contributed by atoms with van der Waals surface area (Å²) < 4.78 is 5.80. The number of rotatable bonds is 21. The Kier molecular flexibility index (Phi) is 16.1. The van der Waals surface area contributed by atoms with Gasteiger partial charge >= 0.3 is 0 Å². The SMILES string of the molecule is CCCCCCCCN(CCCCCCCC)c1ccc([CH]CCCOc2ccccc2)cc1. The first kappa shape index (κ1) is 28.3. The molecule has 0 fully saturated rings. The first-order valence-corrected chi connectivity index (χ1v) is 14.2. The first-order chi connectivity index (χ1) is 16.8. The third-order valence-electron chi connectivity index (χ3n) is 6.56. The predicted octanol–water partition coefficient (Wildman–Crippen LogP) is 9.63. The van der Waals surface area contributed by atoms with Crippen molar-refractivity contribution in [3.63, 3.8) is 0 Å². The van der Waals surface area contributed by atoms with Crippen molar-refractivity contribution in [2.24, 2.45) is 0 Å². The van der Waals surface area contributed by atoms with E-state index in [1.165, 1.54) is 101 Å². The minimum absolute atomic E-state index is 0.767. The summed E-state index contributed by atoms with van der Waals surface area (Å²) in [6.07, 6.45) is 20.8. The average molecular weight is 465 g/mol. The molecule has 2 rings (SSSR count). The normalized spacial score (nSPS) is 11.0. The molecule has 2 nitrogen and oxygen atoms in total. The molecule has 0 saturated heterocycles. The molecule has 0 atom stereocenters. The van der Waals surface area contributed by atoms with Crippen molar-refractivity contribution in [2.45, 2.75) is 104 Å². The van der Waals surface area contributed by atoms with Gasteiger partial charge in [-0.3, -0.25) is 0 Å². The Morgan fingerprint density at radius 1 is 0.618 bits per heavy atom. The highest BCUT2D eigenvalue weighted by atomic mass is 16.5. The van der Waals surface area contributed by atoms with E-state index < -0.39 is 0 Å². The standard InChI is InChI=1S/C32H50NO/c1-3-5-7-9-11-17-27-33(28-18-12-10-8-6-4-2)31-25-23-30(24-26-31)20-16-19-29-34-32-21-14-13-15-22-32/h13-15,20-26H,3-12,16-19,27-29H2,1-2H3. The summed E-state index contributed by atoms with van der Waals surface area (Å²) in [7, 11) is 0. The van der Waals surface area contributed by atoms with Gasteiger partial charge in [0.15, 0.2) is 0 Å². The number of benzene rings is 2. The van der Waals surface area contributed by atoms with E-state index in [0.717, 1.165) is 25.2 Å². The van der Waals surface area contributed by atoms with E-state index >= 15 is 0 Å². The molecule has 0 amide bonds. The molecule has 34 heavy (non-hydrogen) atoms. The van der Waals surface area contributed by atoms with E-state index in [-0.39, 0.29) is 0 Å². The largest absolute Gasteiger partial charge is 0.494 e. The molecule has 0 aliphatic carbocycles. The zero-order valence-corrected chi connectivity index (χ0v) is 22.1. The fourth-order valence-corrected chi connectivity index (χ4v) is 4.42. The highest BCUT2D eigenvalue weighted by Gasteiger charge is 2.07. The molecule has 0 N–H and O–H groups in total. The van der Waals surface area contributed by atoms with Crippen LogP contribution in [0.15, 0.2) is 54.6 Å². The fourth-order valence-electron chi connectivity index (χ4n) is 4.42. The molecular weight excluding hydrogens is 414 g/mol. The molecule has 2 aromatic rings. The van der Waals surface area contributed by atoms with Gasteiger partial charge in [0.25, 0.3) is 0 Å². The average Bonchev–Trinajstić information content (AvgIpc) is 2.88. The molecule has 1 radical (unpaired) electrons. The van der Waals surface area contributed by atoms with Crippen LogP contribution in [-0.4, -0.2) is 19.7 Å². The van der Waals surface area contributed by atoms with Crippen LogP contribution in [0.1, 0.15) is 109 Å². The van der Waals surface area contributed by atoms with Crippen LogP contribution in [0.2, 0.25) is 0 Å². The molecule has 0 saturated carbocycles. The lowest BCUT2D eigenvalue weighted by atomic mass is 10.1. The van der Waals surface area contributed by atoms with Crippen molar-refractivity contribution in [3.8, 4) is 5.75 Å². The van der Waals surface area contributed by atoms with Gasteiger partial charge in [0.1, 0.15) is 5.75 Å². The minimum atomic E-state index is 0.767. The van der Waals surface area contributed by atoms with Crippen LogP contribution in [0, 0.1) is 6.42 Å². The van der Waals surface area contributed by atoms with Gasteiger partial charge in [0.05, 0.1) is 6.61 Å². The molecule has 0 aliphatic heterocycles. The van der Waals surface area contributed by atoms with Gasteiger partial charge in [-0.25, -0.2) is 0 Å². The van der Waals surface area contributed by atoms with Crippen molar-refractivity contribution in [1.29, 1.82) is 0 Å². The van der Waals surface area contributed by atoms with Crippen molar-refractivity contribution in [3.05, 3.63) is 66.6 Å². The van der Waals surface area contributed by atoms with Crippen molar-refractivity contribution in [2.75, 3.05) is 24.6 Å². The van der Waals surface area contributed by atoms with Crippen molar-refractivity contribution < 1.29 is 4.74 Å². The van der Waals surface area contributed by atoms with Crippen LogP contribution >= 0.6 is 0 Å². The molecule has 189 valence electrons. The number of para-hydroxylation sites is 1. The summed E-state index contributed by atoms with van der Waals surface area (Å²) in [5, 5.41) is 0. The van der Waals surface area contributed by atoms with Crippen LogP contribution in [0.5, 0.6) is 5.75 Å². The second-order valence-electron chi connectivity index (χ2n) is 9.62. The smallest absolute Gasteiger partial charge is 0.119 e. The maximum atomic E-state index is 5.80. The van der Waals surface area contributed by atoms with E-state index in [2.05, 4.69) is 49.4 Å². The van der Waals surface area contributed by atoms with Crippen LogP contribution in [0.25, 0.3) is 0 Å². The molecule has 0 spiro atoms. The van der Waals surface area contributed by atoms with Crippen LogP contribution in [0.4, 0.5) is 5.69 Å². The Morgan fingerprint density at radius 2 is 1.18 bits per heavy atom. The van der Waals surface area contributed by atoms with Gasteiger partial charge < -0.3 is 9.64 Å². The monoisotopic (exact) mass is 464 g/mol. The van der Waals surface area contributed by atoms with Crippen molar-refractivity contribution >= 4 is 5.69 Å². The highest BCUT2D eigenvalue weighted by Crippen LogP contribution is 2.20. The van der Waals surface area contributed by atoms with E-state index in [4.69, 9.17) is 4.74 Å². The fraction of sp³-hybridized carbons (Fsp3) is 0.594. The molecular formula is C32H50NO. The summed E-state index contributed by atoms with van der Waals surface area (Å²) in [4.78, 5) is 2.64. The predicted molar refractivity (Wildman–Crippen MR) is 150 cm³/mol. The molecule has 0 heterocycles. The van der Waals surface area contributed by atoms with Gasteiger partial charge in [0, 0.05) is 18.8 Å². The zero-order chi connectivity index (χ0) is 24.1. The van der Waals surface area contributed by atoms with Gasteiger partial charge in [-0.2, -0.15) is 0 Å². The first-order valence-electron chi connectivity index (χ1n) is 14.2. The molecule has 0 unspecified atom stereocenters. The van der Waals surface area contributed by atoms with E-state index in [9.17, 15) is 0 Å². The van der Waals surface area contributed by atoms with Crippen molar-refractivity contribution in [1.82, 2.24) is 0 Å². The Bertz CT molecular complexity index is 681. The summed E-state index contributed by atoms with van der Waals surface area (Å²) >= 11 is 0. The van der Waals surface area contributed by atoms with Gasteiger partial charge in [-0.15, -0.1) is 0 Å². The summed E-state index contributed by atoms with van der Waals surface area (Å²) in [5.74, 6) is 0.961. The van der Waals surface area contributed by atoms with Crippen LogP contribution in [0.3, 0.4) is 0 Å². The quantitative estimate of drug-likeness (QED) is 0.170. The lowest BCUT2D eigenvalue weighted by Gasteiger charge is -2.25. The Morgan fingerprint density at radius 3 is 1.76 bits per heavy atom. The highest BCUT2D eigenvalue weighted by molar-refractivity contribution is 5.48. The third-order valence-corrected chi connectivity index (χ3v) is 6.56. The Hall–Kier alpha value is -1.96. The number of hydrogen-bond acceptors (Lipinski definition) is 2. The number of hydrogen-bond donors (Lipinski definition) is 0. The molecule has 0 aromatic heterocycles. The topological polar surface area (TPSA) is 12.5 Å². The maximum absolute atomic E-state index is 5.80. The number of nitrogens with zero attached hydrogens (tertiary/aromatic N) is 1. The second-order valence-corrected chi connectivity index (χ2v) is 9.62. The molecule has 2 aromatic carbocycles. The summed E-state index contributed by atoms with van der Waals surface area (Å²) in [6.45, 7) is 7.74. The van der Waals surface area contributed by atoms with E-state index in [1.807, 2.05) is 30.3 Å². The second kappa shape index (κ2) is 19.4. The maximum Gasteiger partial charge on any atom is 0.119 e. The molecule has 0 bridgehead atoms. The molecule has 2 heteroatoms. The Balaban J connectivity index is 1.73. The van der Waals surface area contributed by atoms with E-state index in [0.29, 0.717) is 0 Å². The Labute approximate surface area is 211 Å². The molecule has 0 aliphatic rings. The zero-order valence-electron chi connectivity index (χ0n) is 22.1. The summed E-state index contributed by atoms with van der Waals surface area (Å²) in [6, 6.07) is 19.4. The number of unbranched alkanes of at least 4 members (excludes halogenated alkanes) is 11. The lowest BCUT2D eigenvalue weighted by Crippen LogP contribution is -2.25. The lowest BCUT2D eigenvalue weighted by molar-refractivity contribution is 0.311. The number of anilines is 1. The van der Waals surface area contributed by atoms with Gasteiger partial charge in [-0.05, 0) is 61.9 Å². The minimum Gasteiger partial charge on any atom is -0.494 e. The van der Waals surface area contributed by atoms with Gasteiger partial charge in [-0.1, -0.05) is 108 Å². The van der Waals surface area contributed by atoms with Crippen LogP contribution in [-0.2, 0) is 0 Å².